The van der Waals surface area contributed by atoms with Gasteiger partial charge in [-0.1, -0.05) is 30.3 Å². The summed E-state index contributed by atoms with van der Waals surface area (Å²) in [6.07, 6.45) is 3.18. The molecule has 1 aliphatic heterocycles. The number of hydrogen-bond donors (Lipinski definition) is 1. The molecule has 3 aromatic rings. The first kappa shape index (κ1) is 18.4. The van der Waals surface area contributed by atoms with E-state index in [1.165, 1.54) is 6.07 Å². The summed E-state index contributed by atoms with van der Waals surface area (Å²) in [7, 11) is 0. The lowest BCUT2D eigenvalue weighted by Crippen LogP contribution is -2.38. The number of piperidine rings is 1. The summed E-state index contributed by atoms with van der Waals surface area (Å²) in [4.78, 5) is 11.1. The van der Waals surface area contributed by atoms with Crippen LogP contribution in [0.5, 0.6) is 5.75 Å². The summed E-state index contributed by atoms with van der Waals surface area (Å²) >= 11 is 0. The number of aliphatic hydroxyl groups excluding tert-OH is 1. The molecule has 4 rings (SSSR count). The third kappa shape index (κ3) is 4.28. The maximum atomic E-state index is 13.8. The van der Waals surface area contributed by atoms with Crippen molar-refractivity contribution in [1.29, 1.82) is 0 Å². The van der Waals surface area contributed by atoms with Crippen LogP contribution in [0.3, 0.4) is 0 Å². The molecule has 6 heteroatoms. The number of β-amino-alcohol motifs (C(OH)–C–C–N with tert-alkyl or cyclic N) is 1. The molecule has 144 valence electrons. The summed E-state index contributed by atoms with van der Waals surface area (Å²) in [6.45, 7) is 1.62. The molecular formula is C22H22FN3O2. The van der Waals surface area contributed by atoms with Crippen molar-refractivity contribution in [2.45, 2.75) is 25.6 Å². The van der Waals surface area contributed by atoms with Crippen LogP contribution >= 0.6 is 0 Å². The average molecular weight is 379 g/mol. The first-order valence-electron chi connectivity index (χ1n) is 9.42. The maximum absolute atomic E-state index is 13.8. The van der Waals surface area contributed by atoms with Crippen LogP contribution in [0.25, 0.3) is 11.4 Å². The summed E-state index contributed by atoms with van der Waals surface area (Å²) < 4.78 is 19.5. The fourth-order valence-electron chi connectivity index (χ4n) is 3.33. The molecule has 0 radical (unpaired) electrons. The van der Waals surface area contributed by atoms with Crippen LogP contribution in [-0.4, -0.2) is 34.3 Å². The molecule has 2 heterocycles. The molecule has 2 aromatic carbocycles. The molecule has 1 saturated heterocycles. The number of hydrogen-bond acceptors (Lipinski definition) is 5. The molecule has 0 amide bonds. The Bertz CT molecular complexity index is 950. The molecule has 1 aromatic heterocycles. The van der Waals surface area contributed by atoms with Crippen molar-refractivity contribution in [2.75, 3.05) is 18.0 Å². The lowest BCUT2D eigenvalue weighted by molar-refractivity contribution is 0.154. The van der Waals surface area contributed by atoms with Gasteiger partial charge in [0.15, 0.2) is 5.82 Å². The van der Waals surface area contributed by atoms with Gasteiger partial charge in [0.1, 0.15) is 24.0 Å². The Balaban J connectivity index is 1.51. The molecule has 1 aliphatic rings. The molecule has 0 spiro atoms. The third-order valence-electron chi connectivity index (χ3n) is 4.81. The van der Waals surface area contributed by atoms with Crippen molar-refractivity contribution >= 4 is 5.82 Å². The molecule has 0 aliphatic carbocycles. The van der Waals surface area contributed by atoms with Crippen molar-refractivity contribution in [2.24, 2.45) is 0 Å². The lowest BCUT2D eigenvalue weighted by atomic mass is 10.1. The van der Waals surface area contributed by atoms with Gasteiger partial charge in [-0.3, -0.25) is 0 Å². The molecular weight excluding hydrogens is 357 g/mol. The molecule has 1 fully saturated rings. The van der Waals surface area contributed by atoms with E-state index in [1.54, 1.807) is 24.4 Å². The van der Waals surface area contributed by atoms with Gasteiger partial charge in [-0.05, 0) is 37.1 Å². The van der Waals surface area contributed by atoms with Gasteiger partial charge in [0.2, 0.25) is 0 Å². The van der Waals surface area contributed by atoms with Crippen LogP contribution in [0.2, 0.25) is 0 Å². The van der Waals surface area contributed by atoms with Crippen LogP contribution in [0, 0.1) is 5.82 Å². The zero-order valence-corrected chi connectivity index (χ0v) is 15.5. The van der Waals surface area contributed by atoms with Crippen LogP contribution in [0.4, 0.5) is 10.2 Å². The minimum Gasteiger partial charge on any atom is -0.489 e. The van der Waals surface area contributed by atoms with Gasteiger partial charge >= 0.3 is 0 Å². The number of anilines is 1. The van der Waals surface area contributed by atoms with Gasteiger partial charge in [-0.2, -0.15) is 0 Å². The Hall–Kier alpha value is -2.99. The van der Waals surface area contributed by atoms with E-state index in [2.05, 4.69) is 14.9 Å². The fraction of sp³-hybridized carbons (Fsp3) is 0.273. The second-order valence-corrected chi connectivity index (χ2v) is 6.89. The van der Waals surface area contributed by atoms with Gasteiger partial charge in [-0.25, -0.2) is 14.4 Å². The van der Waals surface area contributed by atoms with Gasteiger partial charge < -0.3 is 14.7 Å². The minimum atomic E-state index is -0.317. The molecule has 1 N–H and O–H groups in total. The smallest absolute Gasteiger partial charge is 0.161 e. The Morgan fingerprint density at radius 1 is 1.14 bits per heavy atom. The first-order valence-corrected chi connectivity index (χ1v) is 9.42. The highest BCUT2D eigenvalue weighted by Gasteiger charge is 2.19. The Kier molecular flexibility index (Phi) is 5.48. The highest BCUT2D eigenvalue weighted by molar-refractivity contribution is 5.59. The average Bonchev–Trinajstić information content (AvgIpc) is 2.73. The van der Waals surface area contributed by atoms with Crippen LogP contribution in [0.1, 0.15) is 18.4 Å². The largest absolute Gasteiger partial charge is 0.489 e. The van der Waals surface area contributed by atoms with E-state index in [1.807, 2.05) is 30.3 Å². The van der Waals surface area contributed by atoms with E-state index in [9.17, 15) is 9.50 Å². The van der Waals surface area contributed by atoms with Gasteiger partial charge in [0, 0.05) is 30.4 Å². The quantitative estimate of drug-likeness (QED) is 0.730. The maximum Gasteiger partial charge on any atom is 0.161 e. The Morgan fingerprint density at radius 2 is 2.04 bits per heavy atom. The number of aromatic nitrogens is 2. The van der Waals surface area contributed by atoms with E-state index in [0.717, 1.165) is 30.8 Å². The van der Waals surface area contributed by atoms with Crippen molar-refractivity contribution < 1.29 is 14.2 Å². The lowest BCUT2D eigenvalue weighted by Gasteiger charge is -2.31. The number of benzene rings is 2. The number of ether oxygens (including phenoxy) is 1. The number of aliphatic hydroxyl groups is 1. The topological polar surface area (TPSA) is 58.5 Å². The summed E-state index contributed by atoms with van der Waals surface area (Å²) in [5.74, 6) is 1.75. The second-order valence-electron chi connectivity index (χ2n) is 6.89. The summed E-state index contributed by atoms with van der Waals surface area (Å²) in [5, 5.41) is 9.91. The van der Waals surface area contributed by atoms with E-state index in [-0.39, 0.29) is 18.5 Å². The fourth-order valence-corrected chi connectivity index (χ4v) is 3.33. The Morgan fingerprint density at radius 3 is 2.89 bits per heavy atom. The van der Waals surface area contributed by atoms with Crippen molar-refractivity contribution in [1.82, 2.24) is 9.97 Å². The predicted molar refractivity (Wildman–Crippen MR) is 106 cm³/mol. The van der Waals surface area contributed by atoms with Crippen LogP contribution in [0.15, 0.2) is 60.8 Å². The predicted octanol–water partition coefficient (Wildman–Crippen LogP) is 3.82. The molecule has 1 atom stereocenters. The van der Waals surface area contributed by atoms with Crippen LogP contribution in [-0.2, 0) is 6.61 Å². The number of halogens is 1. The van der Waals surface area contributed by atoms with E-state index >= 15 is 0 Å². The van der Waals surface area contributed by atoms with Crippen molar-refractivity contribution in [3.8, 4) is 17.1 Å². The SMILES string of the molecule is O[C@H]1CCCN(c2ccnc(-c3cccc(OCc4ccccc4F)c3)n2)C1. The minimum absolute atomic E-state index is 0.155. The zero-order chi connectivity index (χ0) is 19.3. The molecule has 0 saturated carbocycles. The molecule has 5 nitrogen and oxygen atoms in total. The first-order chi connectivity index (χ1) is 13.7. The Labute approximate surface area is 163 Å². The van der Waals surface area contributed by atoms with E-state index in [0.29, 0.717) is 23.7 Å². The molecule has 0 unspecified atom stereocenters. The standard InChI is InChI=1S/C22H22FN3O2/c23-20-9-2-1-5-17(20)15-28-19-8-3-6-16(13-19)22-24-11-10-21(25-22)26-12-4-7-18(27)14-26/h1-3,5-6,8-11,13,18,27H,4,7,12,14-15H2/t18-/m0/s1. The summed E-state index contributed by atoms with van der Waals surface area (Å²) in [5.41, 5.74) is 1.33. The van der Waals surface area contributed by atoms with Gasteiger partial charge in [-0.15, -0.1) is 0 Å². The normalized spacial score (nSPS) is 16.8. The monoisotopic (exact) mass is 379 g/mol. The second kappa shape index (κ2) is 8.35. The zero-order valence-electron chi connectivity index (χ0n) is 15.5. The van der Waals surface area contributed by atoms with E-state index < -0.39 is 0 Å². The third-order valence-corrected chi connectivity index (χ3v) is 4.81. The van der Waals surface area contributed by atoms with Crippen molar-refractivity contribution in [3.63, 3.8) is 0 Å². The van der Waals surface area contributed by atoms with Gasteiger partial charge in [0.25, 0.3) is 0 Å². The highest BCUT2D eigenvalue weighted by atomic mass is 19.1. The van der Waals surface area contributed by atoms with Crippen molar-refractivity contribution in [3.05, 3.63) is 72.2 Å². The van der Waals surface area contributed by atoms with E-state index in [4.69, 9.17) is 4.74 Å². The van der Waals surface area contributed by atoms with Gasteiger partial charge in [0.05, 0.1) is 6.10 Å². The van der Waals surface area contributed by atoms with Crippen LogP contribution < -0.4 is 9.64 Å². The summed E-state index contributed by atoms with van der Waals surface area (Å²) in [6, 6.07) is 15.9. The molecule has 28 heavy (non-hydrogen) atoms. The number of nitrogens with zero attached hydrogens (tertiary/aromatic N) is 3. The number of rotatable bonds is 5. The molecule has 0 bridgehead atoms. The highest BCUT2D eigenvalue weighted by Crippen LogP contribution is 2.25.